The van der Waals surface area contributed by atoms with E-state index in [1.54, 1.807) is 12.3 Å². The number of para-hydroxylation sites is 1. The maximum Gasteiger partial charge on any atom is 0.229 e. The van der Waals surface area contributed by atoms with Crippen LogP contribution in [0.15, 0.2) is 30.5 Å². The second kappa shape index (κ2) is 6.23. The molecule has 2 heterocycles. The highest BCUT2D eigenvalue weighted by Gasteiger charge is 2.16. The Morgan fingerprint density at radius 3 is 2.41 bits per heavy atom. The average molecular weight is 305 g/mol. The predicted molar refractivity (Wildman–Crippen MR) is 81.4 cm³/mol. The zero-order valence-electron chi connectivity index (χ0n) is 12.3. The number of anilines is 3. The quantitative estimate of drug-likeness (QED) is 0.942. The van der Waals surface area contributed by atoms with E-state index in [0.717, 1.165) is 32.0 Å². The third-order valence-electron chi connectivity index (χ3n) is 3.67. The second-order valence-corrected chi connectivity index (χ2v) is 5.25. The van der Waals surface area contributed by atoms with Crippen molar-refractivity contribution in [1.82, 2.24) is 14.9 Å². The second-order valence-electron chi connectivity index (χ2n) is 5.25. The Morgan fingerprint density at radius 1 is 1.05 bits per heavy atom. The highest BCUT2D eigenvalue weighted by atomic mass is 19.1. The summed E-state index contributed by atoms with van der Waals surface area (Å²) in [6.45, 7) is 3.63. The molecule has 7 heteroatoms. The van der Waals surface area contributed by atoms with Crippen molar-refractivity contribution >= 4 is 17.5 Å². The van der Waals surface area contributed by atoms with Crippen molar-refractivity contribution in [2.75, 3.05) is 43.4 Å². The SMILES string of the molecule is CN1CCN(c2ccnc(Nc3c(F)cccc3F)n2)CC1. The van der Waals surface area contributed by atoms with Crippen LogP contribution < -0.4 is 10.2 Å². The first-order chi connectivity index (χ1) is 10.6. The molecule has 5 nitrogen and oxygen atoms in total. The largest absolute Gasteiger partial charge is 0.354 e. The van der Waals surface area contributed by atoms with E-state index in [4.69, 9.17) is 0 Å². The number of nitrogens with zero attached hydrogens (tertiary/aromatic N) is 4. The normalized spacial score (nSPS) is 15.9. The highest BCUT2D eigenvalue weighted by Crippen LogP contribution is 2.22. The lowest BCUT2D eigenvalue weighted by atomic mass is 10.3. The van der Waals surface area contributed by atoms with Crippen LogP contribution in [0.3, 0.4) is 0 Å². The fourth-order valence-corrected chi connectivity index (χ4v) is 2.35. The van der Waals surface area contributed by atoms with E-state index in [9.17, 15) is 8.78 Å². The number of aromatic nitrogens is 2. The Kier molecular flexibility index (Phi) is 4.15. The summed E-state index contributed by atoms with van der Waals surface area (Å²) in [7, 11) is 2.07. The van der Waals surface area contributed by atoms with Gasteiger partial charge in [-0.15, -0.1) is 0 Å². The van der Waals surface area contributed by atoms with E-state index in [0.29, 0.717) is 0 Å². The molecule has 3 rings (SSSR count). The number of likely N-dealkylation sites (N-methyl/N-ethyl adjacent to an activating group) is 1. The fraction of sp³-hybridized carbons (Fsp3) is 0.333. The summed E-state index contributed by atoms with van der Waals surface area (Å²) in [5, 5.41) is 2.62. The molecule has 0 bridgehead atoms. The molecule has 0 radical (unpaired) electrons. The third-order valence-corrected chi connectivity index (χ3v) is 3.67. The lowest BCUT2D eigenvalue weighted by Crippen LogP contribution is -2.44. The van der Waals surface area contributed by atoms with Crippen LogP contribution in [0.2, 0.25) is 0 Å². The van der Waals surface area contributed by atoms with Gasteiger partial charge in [0, 0.05) is 32.4 Å². The molecule has 0 aliphatic carbocycles. The van der Waals surface area contributed by atoms with Gasteiger partial charge in [-0.3, -0.25) is 0 Å². The molecule has 1 aliphatic heterocycles. The Balaban J connectivity index is 1.79. The predicted octanol–water partition coefficient (Wildman–Crippen LogP) is 2.25. The summed E-state index contributed by atoms with van der Waals surface area (Å²) in [5.74, 6) is -0.412. The molecule has 1 saturated heterocycles. The highest BCUT2D eigenvalue weighted by molar-refractivity contribution is 5.56. The van der Waals surface area contributed by atoms with Crippen molar-refractivity contribution in [1.29, 1.82) is 0 Å². The van der Waals surface area contributed by atoms with Crippen molar-refractivity contribution in [3.8, 4) is 0 Å². The standard InChI is InChI=1S/C15H17F2N5/c1-21-7-9-22(10-8-21)13-5-6-18-15(19-13)20-14-11(16)3-2-4-12(14)17/h2-6H,7-10H2,1H3,(H,18,19,20). The minimum absolute atomic E-state index is 0.181. The lowest BCUT2D eigenvalue weighted by Gasteiger charge is -2.33. The molecule has 2 aromatic rings. The van der Waals surface area contributed by atoms with E-state index in [1.165, 1.54) is 18.2 Å². The van der Waals surface area contributed by atoms with Gasteiger partial charge in [-0.1, -0.05) is 6.07 Å². The van der Waals surface area contributed by atoms with Gasteiger partial charge in [0.2, 0.25) is 5.95 Å². The summed E-state index contributed by atoms with van der Waals surface area (Å²) in [5.41, 5.74) is -0.238. The minimum atomic E-state index is -0.673. The minimum Gasteiger partial charge on any atom is -0.354 e. The first kappa shape index (κ1) is 14.6. The number of halogens is 2. The van der Waals surface area contributed by atoms with Gasteiger partial charge in [0.05, 0.1) is 0 Å². The van der Waals surface area contributed by atoms with Crippen LogP contribution in [-0.4, -0.2) is 48.1 Å². The van der Waals surface area contributed by atoms with Crippen molar-refractivity contribution in [2.45, 2.75) is 0 Å². The van der Waals surface area contributed by atoms with Crippen molar-refractivity contribution in [2.24, 2.45) is 0 Å². The number of rotatable bonds is 3. The van der Waals surface area contributed by atoms with Gasteiger partial charge in [-0.2, -0.15) is 4.98 Å². The molecular formula is C15H17F2N5. The Hall–Kier alpha value is -2.28. The van der Waals surface area contributed by atoms with Crippen LogP contribution in [0, 0.1) is 11.6 Å². The number of benzene rings is 1. The lowest BCUT2D eigenvalue weighted by molar-refractivity contribution is 0.312. The topological polar surface area (TPSA) is 44.3 Å². The molecule has 0 unspecified atom stereocenters. The van der Waals surface area contributed by atoms with Crippen LogP contribution >= 0.6 is 0 Å². The van der Waals surface area contributed by atoms with Gasteiger partial charge in [0.15, 0.2) is 0 Å². The number of piperazine rings is 1. The van der Waals surface area contributed by atoms with Crippen LogP contribution in [0.4, 0.5) is 26.2 Å². The van der Waals surface area contributed by atoms with E-state index in [1.807, 2.05) is 0 Å². The van der Waals surface area contributed by atoms with Crippen molar-refractivity contribution in [3.05, 3.63) is 42.1 Å². The zero-order valence-corrected chi connectivity index (χ0v) is 12.3. The van der Waals surface area contributed by atoms with Crippen molar-refractivity contribution < 1.29 is 8.78 Å². The molecule has 1 fully saturated rings. The van der Waals surface area contributed by atoms with Gasteiger partial charge in [-0.05, 0) is 25.2 Å². The molecule has 1 N–H and O–H groups in total. The Bertz CT molecular complexity index is 636. The van der Waals surface area contributed by atoms with Gasteiger partial charge in [0.25, 0.3) is 0 Å². The molecule has 1 aliphatic rings. The summed E-state index contributed by atoms with van der Waals surface area (Å²) in [4.78, 5) is 12.8. The van der Waals surface area contributed by atoms with E-state index in [2.05, 4.69) is 32.1 Å². The Morgan fingerprint density at radius 2 is 1.73 bits per heavy atom. The molecule has 0 atom stereocenters. The summed E-state index contributed by atoms with van der Waals surface area (Å²) >= 11 is 0. The van der Waals surface area contributed by atoms with Crippen LogP contribution in [-0.2, 0) is 0 Å². The summed E-state index contributed by atoms with van der Waals surface area (Å²) in [6.07, 6.45) is 1.59. The molecule has 1 aromatic heterocycles. The van der Waals surface area contributed by atoms with Gasteiger partial charge in [-0.25, -0.2) is 13.8 Å². The van der Waals surface area contributed by atoms with Crippen LogP contribution in [0.1, 0.15) is 0 Å². The fourth-order valence-electron chi connectivity index (χ4n) is 2.35. The molecule has 0 saturated carbocycles. The first-order valence-corrected chi connectivity index (χ1v) is 7.11. The molecule has 1 aromatic carbocycles. The first-order valence-electron chi connectivity index (χ1n) is 7.11. The number of hydrogen-bond donors (Lipinski definition) is 1. The molecular weight excluding hydrogens is 288 g/mol. The monoisotopic (exact) mass is 305 g/mol. The van der Waals surface area contributed by atoms with Gasteiger partial charge >= 0.3 is 0 Å². The summed E-state index contributed by atoms with van der Waals surface area (Å²) in [6, 6.07) is 5.50. The number of nitrogens with one attached hydrogen (secondary N) is 1. The molecule has 116 valence electrons. The van der Waals surface area contributed by atoms with Crippen molar-refractivity contribution in [3.63, 3.8) is 0 Å². The number of hydrogen-bond acceptors (Lipinski definition) is 5. The van der Waals surface area contributed by atoms with Gasteiger partial charge < -0.3 is 15.1 Å². The van der Waals surface area contributed by atoms with Crippen LogP contribution in [0.25, 0.3) is 0 Å². The molecule has 0 spiro atoms. The third kappa shape index (κ3) is 3.14. The average Bonchev–Trinajstić information content (AvgIpc) is 2.52. The summed E-state index contributed by atoms with van der Waals surface area (Å²) < 4.78 is 27.3. The maximum atomic E-state index is 13.7. The van der Waals surface area contributed by atoms with E-state index >= 15 is 0 Å². The van der Waals surface area contributed by atoms with Crippen LogP contribution in [0.5, 0.6) is 0 Å². The molecule has 22 heavy (non-hydrogen) atoms. The van der Waals surface area contributed by atoms with E-state index in [-0.39, 0.29) is 11.6 Å². The Labute approximate surface area is 127 Å². The molecule has 0 amide bonds. The smallest absolute Gasteiger partial charge is 0.229 e. The zero-order chi connectivity index (χ0) is 15.5. The maximum absolute atomic E-state index is 13.7. The van der Waals surface area contributed by atoms with E-state index < -0.39 is 11.6 Å². The van der Waals surface area contributed by atoms with Gasteiger partial charge in [0.1, 0.15) is 23.1 Å².